The average Bonchev–Trinajstić information content (AvgIpc) is 3.11. The summed E-state index contributed by atoms with van der Waals surface area (Å²) in [6.45, 7) is 3.64. The lowest BCUT2D eigenvalue weighted by molar-refractivity contribution is 0.0698. The lowest BCUT2D eigenvalue weighted by Crippen LogP contribution is -2.15. The molecule has 136 valence electrons. The van der Waals surface area contributed by atoms with Gasteiger partial charge in [0.1, 0.15) is 6.17 Å². The van der Waals surface area contributed by atoms with E-state index in [1.807, 2.05) is 60.9 Å². The van der Waals surface area contributed by atoms with E-state index >= 15 is 0 Å². The Morgan fingerprint density at radius 2 is 1.89 bits per heavy atom. The van der Waals surface area contributed by atoms with Crippen LogP contribution in [0.2, 0.25) is 0 Å². The van der Waals surface area contributed by atoms with Gasteiger partial charge in [0.05, 0.1) is 21.5 Å². The highest BCUT2D eigenvalue weighted by molar-refractivity contribution is 7.17. The van der Waals surface area contributed by atoms with Crippen LogP contribution in [0.3, 0.4) is 0 Å². The van der Waals surface area contributed by atoms with Crippen LogP contribution in [0, 0.1) is 12.8 Å². The van der Waals surface area contributed by atoms with Crippen molar-refractivity contribution in [1.29, 1.82) is 0 Å². The second-order valence-corrected chi connectivity index (χ2v) is 7.66. The van der Waals surface area contributed by atoms with Crippen LogP contribution in [0.15, 0.2) is 53.9 Å². The predicted molar refractivity (Wildman–Crippen MR) is 108 cm³/mol. The largest absolute Gasteiger partial charge is 0.478 e. The van der Waals surface area contributed by atoms with Gasteiger partial charge in [0, 0.05) is 11.5 Å². The molecule has 27 heavy (non-hydrogen) atoms. The van der Waals surface area contributed by atoms with Crippen molar-refractivity contribution >= 4 is 33.1 Å². The molecule has 2 heterocycles. The topological polar surface area (TPSA) is 50.2 Å². The Labute approximate surface area is 160 Å². The van der Waals surface area contributed by atoms with Crippen LogP contribution < -0.4 is 0 Å². The van der Waals surface area contributed by atoms with Crippen LogP contribution in [-0.4, -0.2) is 22.2 Å². The van der Waals surface area contributed by atoms with E-state index in [1.54, 1.807) is 6.92 Å². The van der Waals surface area contributed by atoms with Gasteiger partial charge in [-0.25, -0.2) is 14.2 Å². The molecule has 0 saturated carbocycles. The van der Waals surface area contributed by atoms with Gasteiger partial charge in [-0.05, 0) is 35.1 Å². The summed E-state index contributed by atoms with van der Waals surface area (Å²) in [6.07, 6.45) is 4.53. The van der Waals surface area contributed by atoms with Crippen LogP contribution in [0.1, 0.15) is 28.4 Å². The normalized spacial score (nSPS) is 19.3. The van der Waals surface area contributed by atoms with Gasteiger partial charge in [-0.2, -0.15) is 0 Å². The van der Waals surface area contributed by atoms with Gasteiger partial charge >= 0.3 is 5.97 Å². The maximum Gasteiger partial charge on any atom is 0.337 e. The number of carboxylic acids is 1. The smallest absolute Gasteiger partial charge is 0.337 e. The standard InChI is InChI=1S/C22H18FNO2S/c1-12-4-3-5-16(19(12)23)14-6-8-15(9-7-14)20-13(2)18(22(25)26)21-17(24-20)10-11-27-21/h3-12,19H,1-2H3,(H,25,26). The van der Waals surface area contributed by atoms with E-state index in [9.17, 15) is 14.3 Å². The highest BCUT2D eigenvalue weighted by Gasteiger charge is 2.23. The molecule has 0 spiro atoms. The third-order valence-electron chi connectivity index (χ3n) is 4.99. The quantitative estimate of drug-likeness (QED) is 0.617. The van der Waals surface area contributed by atoms with Gasteiger partial charge in [-0.3, -0.25) is 0 Å². The molecule has 0 saturated heterocycles. The van der Waals surface area contributed by atoms with Crippen molar-refractivity contribution in [3.63, 3.8) is 0 Å². The maximum absolute atomic E-state index is 14.5. The molecule has 2 unspecified atom stereocenters. The Kier molecular flexibility index (Phi) is 4.40. The zero-order valence-corrected chi connectivity index (χ0v) is 15.8. The van der Waals surface area contributed by atoms with E-state index in [0.717, 1.165) is 11.1 Å². The van der Waals surface area contributed by atoms with Gasteiger partial charge in [0.15, 0.2) is 0 Å². The minimum Gasteiger partial charge on any atom is -0.478 e. The van der Waals surface area contributed by atoms with E-state index < -0.39 is 12.1 Å². The van der Waals surface area contributed by atoms with E-state index in [-0.39, 0.29) is 5.92 Å². The number of halogens is 1. The number of hydrogen-bond donors (Lipinski definition) is 1. The number of pyridine rings is 1. The van der Waals surface area contributed by atoms with Crippen LogP contribution in [-0.2, 0) is 0 Å². The lowest BCUT2D eigenvalue weighted by Gasteiger charge is -2.20. The van der Waals surface area contributed by atoms with Crippen molar-refractivity contribution in [2.45, 2.75) is 20.0 Å². The molecule has 3 aromatic rings. The van der Waals surface area contributed by atoms with E-state index in [1.165, 1.54) is 11.3 Å². The van der Waals surface area contributed by atoms with E-state index in [0.29, 0.717) is 32.6 Å². The Morgan fingerprint density at radius 3 is 2.59 bits per heavy atom. The summed E-state index contributed by atoms with van der Waals surface area (Å²) in [5, 5.41) is 11.5. The maximum atomic E-state index is 14.5. The number of rotatable bonds is 3. The number of aromatic nitrogens is 1. The van der Waals surface area contributed by atoms with Gasteiger partial charge in [-0.15, -0.1) is 11.3 Å². The number of allylic oxidation sites excluding steroid dienone is 4. The van der Waals surface area contributed by atoms with Crippen molar-refractivity contribution in [1.82, 2.24) is 4.98 Å². The van der Waals surface area contributed by atoms with Crippen molar-refractivity contribution in [3.8, 4) is 11.3 Å². The Bertz CT molecular complexity index is 1100. The first kappa shape index (κ1) is 17.6. The molecule has 1 aromatic carbocycles. The van der Waals surface area contributed by atoms with Crippen molar-refractivity contribution in [2.24, 2.45) is 5.92 Å². The van der Waals surface area contributed by atoms with Gasteiger partial charge in [0.2, 0.25) is 0 Å². The van der Waals surface area contributed by atoms with Crippen LogP contribution in [0.5, 0.6) is 0 Å². The number of aromatic carboxylic acids is 1. The molecule has 0 bridgehead atoms. The van der Waals surface area contributed by atoms with Gasteiger partial charge in [-0.1, -0.05) is 49.4 Å². The minimum absolute atomic E-state index is 0.146. The van der Waals surface area contributed by atoms with Crippen molar-refractivity contribution < 1.29 is 14.3 Å². The summed E-state index contributed by atoms with van der Waals surface area (Å²) in [5.41, 5.74) is 4.58. The first-order valence-corrected chi connectivity index (χ1v) is 9.59. The van der Waals surface area contributed by atoms with Gasteiger partial charge < -0.3 is 5.11 Å². The molecule has 3 nitrogen and oxygen atoms in total. The molecular formula is C22H18FNO2S. The number of fused-ring (bicyclic) bond motifs is 1. The summed E-state index contributed by atoms with van der Waals surface area (Å²) >= 11 is 1.38. The number of alkyl halides is 1. The molecule has 1 aliphatic carbocycles. The number of benzene rings is 1. The third-order valence-corrected chi connectivity index (χ3v) is 5.91. The fourth-order valence-corrected chi connectivity index (χ4v) is 4.42. The molecule has 2 aromatic heterocycles. The molecule has 1 N–H and O–H groups in total. The number of nitrogens with zero attached hydrogens (tertiary/aromatic N) is 1. The molecule has 0 radical (unpaired) electrons. The summed E-state index contributed by atoms with van der Waals surface area (Å²) in [5.74, 6) is -1.10. The van der Waals surface area contributed by atoms with Crippen LogP contribution >= 0.6 is 11.3 Å². The first-order chi connectivity index (χ1) is 13.0. The third kappa shape index (κ3) is 2.98. The molecule has 5 heteroatoms. The Hall–Kier alpha value is -2.79. The van der Waals surface area contributed by atoms with Crippen LogP contribution in [0.4, 0.5) is 4.39 Å². The highest BCUT2D eigenvalue weighted by atomic mass is 32.1. The molecular weight excluding hydrogens is 361 g/mol. The second-order valence-electron chi connectivity index (χ2n) is 6.75. The monoisotopic (exact) mass is 379 g/mol. The van der Waals surface area contributed by atoms with E-state index in [4.69, 9.17) is 0 Å². The number of carbonyl (C=O) groups is 1. The number of hydrogen-bond acceptors (Lipinski definition) is 3. The average molecular weight is 379 g/mol. The summed E-state index contributed by atoms with van der Waals surface area (Å²) in [7, 11) is 0. The van der Waals surface area contributed by atoms with E-state index in [2.05, 4.69) is 4.98 Å². The fraction of sp³-hybridized carbons (Fsp3) is 0.182. The Morgan fingerprint density at radius 1 is 1.19 bits per heavy atom. The molecule has 0 aliphatic heterocycles. The number of carboxylic acid groups (broad SMARTS) is 1. The number of thiophene rings is 1. The SMILES string of the molecule is Cc1c(-c2ccc(C3=CC=CC(C)C3F)cc2)nc2ccsc2c1C(=O)O. The fourth-order valence-electron chi connectivity index (χ4n) is 3.49. The molecule has 2 atom stereocenters. The first-order valence-electron chi connectivity index (χ1n) is 8.71. The second kappa shape index (κ2) is 6.74. The minimum atomic E-state index is -1.03. The lowest BCUT2D eigenvalue weighted by atomic mass is 9.88. The predicted octanol–water partition coefficient (Wildman–Crippen LogP) is 5.90. The summed E-state index contributed by atoms with van der Waals surface area (Å²) in [6, 6.07) is 9.34. The van der Waals surface area contributed by atoms with Crippen LogP contribution in [0.25, 0.3) is 27.0 Å². The zero-order valence-electron chi connectivity index (χ0n) is 14.9. The Balaban J connectivity index is 1.79. The summed E-state index contributed by atoms with van der Waals surface area (Å²) < 4.78 is 15.2. The van der Waals surface area contributed by atoms with Gasteiger partial charge in [0.25, 0.3) is 0 Å². The molecule has 0 amide bonds. The highest BCUT2D eigenvalue weighted by Crippen LogP contribution is 2.34. The molecule has 1 aliphatic rings. The molecule has 0 fully saturated rings. The zero-order chi connectivity index (χ0) is 19.1. The van der Waals surface area contributed by atoms with Crippen molar-refractivity contribution in [3.05, 3.63) is 70.6 Å². The summed E-state index contributed by atoms with van der Waals surface area (Å²) in [4.78, 5) is 16.4. The van der Waals surface area contributed by atoms with Crippen molar-refractivity contribution in [2.75, 3.05) is 0 Å². The molecule has 4 rings (SSSR count).